The smallest absolute Gasteiger partial charge is 0.264 e. The number of aromatic nitrogens is 2. The van der Waals surface area contributed by atoms with E-state index in [0.717, 1.165) is 0 Å². The molecule has 104 valence electrons. The number of nitrogens with zero attached hydrogens (tertiary/aromatic N) is 2. The van der Waals surface area contributed by atoms with Crippen molar-refractivity contribution in [1.29, 1.82) is 0 Å². The molecule has 0 N–H and O–H groups in total. The maximum atomic E-state index is 11.4. The largest absolute Gasteiger partial charge is 0.382 e. The van der Waals surface area contributed by atoms with Crippen LogP contribution in [0.1, 0.15) is 11.4 Å². The Morgan fingerprint density at radius 2 is 1.94 bits per heavy atom. The molecule has 1 aromatic heterocycles. The summed E-state index contributed by atoms with van der Waals surface area (Å²) in [5, 5.41) is 4.14. The Morgan fingerprint density at radius 1 is 1.28 bits per heavy atom. The third-order valence-electron chi connectivity index (χ3n) is 2.44. The fraction of sp³-hybridized carbons (Fsp3) is 0.700. The Kier molecular flexibility index (Phi) is 5.58. The van der Waals surface area contributed by atoms with E-state index >= 15 is 0 Å². The average Bonchev–Trinajstić information content (AvgIpc) is 2.53. The van der Waals surface area contributed by atoms with Crippen LogP contribution in [0.3, 0.4) is 0 Å². The first-order valence-electron chi connectivity index (χ1n) is 5.43. The fourth-order valence-corrected chi connectivity index (χ4v) is 3.17. The number of halogens is 1. The first-order valence-corrected chi connectivity index (χ1v) is 7.74. The number of hydrogen-bond acceptors (Lipinski definition) is 5. The number of hydrogen-bond donors (Lipinski definition) is 0. The minimum Gasteiger partial charge on any atom is -0.382 e. The van der Waals surface area contributed by atoms with Gasteiger partial charge >= 0.3 is 0 Å². The van der Waals surface area contributed by atoms with Crippen LogP contribution in [0.5, 0.6) is 0 Å². The molecule has 0 atom stereocenters. The predicted molar refractivity (Wildman–Crippen MR) is 67.4 cm³/mol. The fourth-order valence-electron chi connectivity index (χ4n) is 1.65. The molecule has 0 saturated heterocycles. The van der Waals surface area contributed by atoms with Gasteiger partial charge in [0.1, 0.15) is 4.90 Å². The lowest BCUT2D eigenvalue weighted by Crippen LogP contribution is -2.11. The molecule has 0 fully saturated rings. The molecule has 1 aromatic rings. The number of aryl methyl sites for hydroxylation is 1. The molecule has 0 aliphatic carbocycles. The molecule has 0 unspecified atom stereocenters. The maximum Gasteiger partial charge on any atom is 0.264 e. The maximum absolute atomic E-state index is 11.4. The lowest BCUT2D eigenvalue weighted by atomic mass is 10.4. The van der Waals surface area contributed by atoms with Crippen LogP contribution in [-0.4, -0.2) is 45.1 Å². The zero-order chi connectivity index (χ0) is 13.8. The van der Waals surface area contributed by atoms with Crippen LogP contribution in [0.4, 0.5) is 0 Å². The topological polar surface area (TPSA) is 70.4 Å². The van der Waals surface area contributed by atoms with Crippen molar-refractivity contribution in [2.45, 2.75) is 25.3 Å². The van der Waals surface area contributed by atoms with Crippen LogP contribution < -0.4 is 0 Å². The van der Waals surface area contributed by atoms with Crippen molar-refractivity contribution in [1.82, 2.24) is 9.78 Å². The number of methoxy groups -OCH3 is 1. The van der Waals surface area contributed by atoms with E-state index in [1.54, 1.807) is 25.6 Å². The van der Waals surface area contributed by atoms with E-state index in [1.807, 2.05) is 0 Å². The summed E-state index contributed by atoms with van der Waals surface area (Å²) in [7, 11) is 3.20. The normalized spacial score (nSPS) is 12.0. The van der Waals surface area contributed by atoms with Crippen molar-refractivity contribution < 1.29 is 17.9 Å². The molecule has 0 aromatic carbocycles. The summed E-state index contributed by atoms with van der Waals surface area (Å²) in [5.74, 6) is 0. The van der Waals surface area contributed by atoms with E-state index < -0.39 is 9.05 Å². The van der Waals surface area contributed by atoms with E-state index in [2.05, 4.69) is 5.10 Å². The van der Waals surface area contributed by atoms with Gasteiger partial charge in [-0.15, -0.1) is 0 Å². The van der Waals surface area contributed by atoms with Crippen LogP contribution in [0, 0.1) is 13.8 Å². The predicted octanol–water partition coefficient (Wildman–Crippen LogP) is 1.09. The summed E-state index contributed by atoms with van der Waals surface area (Å²) < 4.78 is 34.5. The first kappa shape index (κ1) is 15.4. The summed E-state index contributed by atoms with van der Waals surface area (Å²) in [6, 6.07) is 0. The van der Waals surface area contributed by atoms with Crippen molar-refractivity contribution in [3.63, 3.8) is 0 Å². The molecule has 1 rings (SSSR count). The van der Waals surface area contributed by atoms with Gasteiger partial charge in [0, 0.05) is 17.8 Å². The first-order chi connectivity index (χ1) is 8.38. The molecule has 0 spiro atoms. The quantitative estimate of drug-likeness (QED) is 0.556. The van der Waals surface area contributed by atoms with Crippen molar-refractivity contribution in [3.8, 4) is 0 Å². The molecule has 0 aliphatic rings. The van der Waals surface area contributed by atoms with Crippen molar-refractivity contribution >= 4 is 19.7 Å². The second-order valence-electron chi connectivity index (χ2n) is 3.77. The Balaban J connectivity index is 2.69. The van der Waals surface area contributed by atoms with Gasteiger partial charge < -0.3 is 9.47 Å². The highest BCUT2D eigenvalue weighted by atomic mass is 35.7. The highest BCUT2D eigenvalue weighted by molar-refractivity contribution is 8.13. The third kappa shape index (κ3) is 3.94. The Bertz CT molecular complexity index is 498. The van der Waals surface area contributed by atoms with Gasteiger partial charge in [0.2, 0.25) is 0 Å². The Hall–Kier alpha value is -0.630. The number of rotatable bonds is 7. The lowest BCUT2D eigenvalue weighted by molar-refractivity contribution is 0.0651. The van der Waals surface area contributed by atoms with Crippen molar-refractivity contribution in [2.75, 3.05) is 26.9 Å². The molecule has 0 radical (unpaired) electrons. The zero-order valence-corrected chi connectivity index (χ0v) is 12.2. The Labute approximate surface area is 111 Å². The molecule has 0 amide bonds. The van der Waals surface area contributed by atoms with E-state index in [9.17, 15) is 8.42 Å². The summed E-state index contributed by atoms with van der Waals surface area (Å²) in [5.41, 5.74) is 0.928. The average molecular weight is 297 g/mol. The van der Waals surface area contributed by atoms with E-state index in [4.69, 9.17) is 20.2 Å². The van der Waals surface area contributed by atoms with Crippen LogP contribution in [-0.2, 0) is 25.1 Å². The highest BCUT2D eigenvalue weighted by Crippen LogP contribution is 2.22. The van der Waals surface area contributed by atoms with E-state index in [-0.39, 0.29) is 4.90 Å². The van der Waals surface area contributed by atoms with E-state index in [1.165, 1.54) is 0 Å². The summed E-state index contributed by atoms with van der Waals surface area (Å²) in [6.07, 6.45) is 0. The highest BCUT2D eigenvalue weighted by Gasteiger charge is 2.22. The monoisotopic (exact) mass is 296 g/mol. The molecule has 18 heavy (non-hydrogen) atoms. The van der Waals surface area contributed by atoms with Crippen LogP contribution >= 0.6 is 10.7 Å². The molecular formula is C10H17ClN2O4S. The summed E-state index contributed by atoms with van der Waals surface area (Å²) >= 11 is 0. The molecular weight excluding hydrogens is 280 g/mol. The van der Waals surface area contributed by atoms with Gasteiger partial charge in [-0.1, -0.05) is 0 Å². The van der Waals surface area contributed by atoms with Gasteiger partial charge in [-0.25, -0.2) is 8.42 Å². The Morgan fingerprint density at radius 3 is 2.44 bits per heavy atom. The van der Waals surface area contributed by atoms with Crippen LogP contribution in [0.25, 0.3) is 0 Å². The lowest BCUT2D eigenvalue weighted by Gasteiger charge is -2.05. The summed E-state index contributed by atoms with van der Waals surface area (Å²) in [4.78, 5) is 0.0843. The van der Waals surface area contributed by atoms with Gasteiger partial charge in [0.25, 0.3) is 9.05 Å². The van der Waals surface area contributed by atoms with E-state index in [0.29, 0.717) is 37.8 Å². The standard InChI is InChI=1S/C10H17ClN2O4S/c1-8-10(18(11,14)15)9(2)13(12-8)4-5-17-7-6-16-3/h4-7H2,1-3H3. The third-order valence-corrected chi connectivity index (χ3v) is 3.98. The van der Waals surface area contributed by atoms with Crippen LogP contribution in [0.15, 0.2) is 4.90 Å². The van der Waals surface area contributed by atoms with Crippen molar-refractivity contribution in [3.05, 3.63) is 11.4 Å². The molecule has 1 heterocycles. The van der Waals surface area contributed by atoms with Crippen molar-refractivity contribution in [2.24, 2.45) is 0 Å². The second kappa shape index (κ2) is 6.51. The van der Waals surface area contributed by atoms with Gasteiger partial charge in [0.15, 0.2) is 0 Å². The molecule has 0 saturated carbocycles. The molecule has 0 aliphatic heterocycles. The van der Waals surface area contributed by atoms with Gasteiger partial charge in [-0.05, 0) is 13.8 Å². The van der Waals surface area contributed by atoms with Gasteiger partial charge in [-0.3, -0.25) is 4.68 Å². The minimum absolute atomic E-state index is 0.0843. The molecule has 0 bridgehead atoms. The second-order valence-corrected chi connectivity index (χ2v) is 6.27. The SMILES string of the molecule is COCCOCCn1nc(C)c(S(=O)(=O)Cl)c1C. The van der Waals surface area contributed by atoms with Gasteiger partial charge in [-0.2, -0.15) is 5.10 Å². The van der Waals surface area contributed by atoms with Gasteiger partial charge in [0.05, 0.1) is 37.8 Å². The zero-order valence-electron chi connectivity index (χ0n) is 10.6. The molecule has 6 nitrogen and oxygen atoms in total. The summed E-state index contributed by atoms with van der Waals surface area (Å²) in [6.45, 7) is 5.22. The number of ether oxygens (including phenoxy) is 2. The molecule has 8 heteroatoms. The van der Waals surface area contributed by atoms with Crippen LogP contribution in [0.2, 0.25) is 0 Å². The minimum atomic E-state index is -3.75.